The molecule has 9 aromatic carbocycles. The van der Waals surface area contributed by atoms with Gasteiger partial charge >= 0.3 is 0 Å². The van der Waals surface area contributed by atoms with E-state index in [1.807, 2.05) is 6.07 Å². The van der Waals surface area contributed by atoms with Crippen LogP contribution in [0.3, 0.4) is 0 Å². The molecule has 11 rings (SSSR count). The van der Waals surface area contributed by atoms with E-state index in [-0.39, 0.29) is 0 Å². The number of aliphatic imine (C=N–C) groups is 2. The highest BCUT2D eigenvalue weighted by Crippen LogP contribution is 2.38. The van der Waals surface area contributed by atoms with Gasteiger partial charge in [-0.2, -0.15) is 0 Å². The molecule has 0 amide bonds. The van der Waals surface area contributed by atoms with Gasteiger partial charge in [-0.25, -0.2) is 9.98 Å². The molecule has 0 bridgehead atoms. The molecule has 0 fully saturated rings. The van der Waals surface area contributed by atoms with Gasteiger partial charge in [-0.05, 0) is 91.0 Å². The Morgan fingerprint density at radius 2 is 0.909 bits per heavy atom. The lowest BCUT2D eigenvalue weighted by atomic mass is 9.98. The predicted octanol–water partition coefficient (Wildman–Crippen LogP) is 12.9. The van der Waals surface area contributed by atoms with Crippen LogP contribution in [0.25, 0.3) is 76.5 Å². The van der Waals surface area contributed by atoms with E-state index >= 15 is 0 Å². The van der Waals surface area contributed by atoms with E-state index in [9.17, 15) is 0 Å². The van der Waals surface area contributed by atoms with Gasteiger partial charge in [0.1, 0.15) is 23.2 Å². The summed E-state index contributed by atoms with van der Waals surface area (Å²) in [7, 11) is 0. The molecular weight excluding hydrogens is 671 g/mol. The summed E-state index contributed by atoms with van der Waals surface area (Å²) in [6, 6.07) is 66.5. The minimum absolute atomic E-state index is 0.404. The maximum Gasteiger partial charge on any atom is 0.159 e. The Morgan fingerprint density at radius 3 is 1.56 bits per heavy atom. The van der Waals surface area contributed by atoms with Crippen molar-refractivity contribution in [2.45, 2.75) is 6.17 Å². The van der Waals surface area contributed by atoms with Gasteiger partial charge in [0.2, 0.25) is 0 Å². The van der Waals surface area contributed by atoms with Gasteiger partial charge in [0.25, 0.3) is 0 Å². The number of furan rings is 1. The molecule has 0 saturated carbocycles. The van der Waals surface area contributed by atoms with E-state index in [1.165, 1.54) is 32.5 Å². The minimum atomic E-state index is -0.404. The normalized spacial score (nSPS) is 14.4. The zero-order valence-electron chi connectivity index (χ0n) is 29.8. The molecule has 10 aromatic rings. The van der Waals surface area contributed by atoms with Crippen LogP contribution < -0.4 is 5.32 Å². The highest BCUT2D eigenvalue weighted by molar-refractivity contribution is 6.15. The van der Waals surface area contributed by atoms with E-state index < -0.39 is 6.17 Å². The fourth-order valence-corrected chi connectivity index (χ4v) is 8.03. The fraction of sp³-hybridized carbons (Fsp3) is 0.0196. The Labute approximate surface area is 317 Å². The Balaban J connectivity index is 1.01. The molecule has 258 valence electrons. The summed E-state index contributed by atoms with van der Waals surface area (Å²) >= 11 is 0. The van der Waals surface area contributed by atoms with Crippen molar-refractivity contribution in [3.63, 3.8) is 0 Å². The molecule has 1 aliphatic rings. The van der Waals surface area contributed by atoms with Crippen molar-refractivity contribution in [2.24, 2.45) is 9.98 Å². The van der Waals surface area contributed by atoms with Gasteiger partial charge in [-0.1, -0.05) is 152 Å². The molecule has 0 spiro atoms. The van der Waals surface area contributed by atoms with Crippen LogP contribution in [0.2, 0.25) is 0 Å². The predicted molar refractivity (Wildman–Crippen MR) is 229 cm³/mol. The third-order valence-corrected chi connectivity index (χ3v) is 10.9. The lowest BCUT2D eigenvalue weighted by Gasteiger charge is -2.24. The van der Waals surface area contributed by atoms with E-state index in [0.29, 0.717) is 5.84 Å². The molecule has 4 heteroatoms. The lowest BCUT2D eigenvalue weighted by molar-refractivity contribution is 0.662. The van der Waals surface area contributed by atoms with Crippen molar-refractivity contribution in [1.82, 2.24) is 5.32 Å². The molecule has 55 heavy (non-hydrogen) atoms. The lowest BCUT2D eigenvalue weighted by Crippen LogP contribution is -2.33. The zero-order chi connectivity index (χ0) is 36.3. The molecule has 2 heterocycles. The number of nitrogens with zero attached hydrogens (tertiary/aromatic N) is 2. The van der Waals surface area contributed by atoms with Crippen molar-refractivity contribution in [3.8, 4) is 22.3 Å². The number of nitrogens with one attached hydrogen (secondary N) is 1. The molecule has 1 atom stereocenters. The summed E-state index contributed by atoms with van der Waals surface area (Å²) in [6.07, 6.45) is -0.404. The van der Waals surface area contributed by atoms with Gasteiger partial charge in [-0.3, -0.25) is 0 Å². The molecule has 1 unspecified atom stereocenters. The Morgan fingerprint density at radius 1 is 0.400 bits per heavy atom. The molecule has 4 nitrogen and oxygen atoms in total. The second-order valence-corrected chi connectivity index (χ2v) is 14.3. The summed E-state index contributed by atoms with van der Waals surface area (Å²) in [6.45, 7) is 0. The van der Waals surface area contributed by atoms with Gasteiger partial charge in [0.05, 0.1) is 0 Å². The third-order valence-electron chi connectivity index (χ3n) is 10.9. The first kappa shape index (κ1) is 31.2. The molecule has 0 aliphatic carbocycles. The number of benzene rings is 9. The van der Waals surface area contributed by atoms with Gasteiger partial charge < -0.3 is 9.73 Å². The van der Waals surface area contributed by atoms with Crippen molar-refractivity contribution >= 4 is 65.9 Å². The zero-order valence-corrected chi connectivity index (χ0v) is 29.8. The van der Waals surface area contributed by atoms with Crippen molar-refractivity contribution in [3.05, 3.63) is 205 Å². The fourth-order valence-electron chi connectivity index (χ4n) is 8.03. The second kappa shape index (κ2) is 12.7. The van der Waals surface area contributed by atoms with Crippen LogP contribution >= 0.6 is 0 Å². The number of fused-ring (bicyclic) bond motifs is 6. The van der Waals surface area contributed by atoms with E-state index in [0.717, 1.165) is 66.5 Å². The maximum absolute atomic E-state index is 6.58. The van der Waals surface area contributed by atoms with Gasteiger partial charge in [0, 0.05) is 27.5 Å². The van der Waals surface area contributed by atoms with Gasteiger partial charge in [-0.15, -0.1) is 0 Å². The summed E-state index contributed by atoms with van der Waals surface area (Å²) in [5.74, 6) is 1.46. The first-order chi connectivity index (χ1) is 27.2. The Bertz CT molecular complexity index is 3190. The minimum Gasteiger partial charge on any atom is -0.456 e. The van der Waals surface area contributed by atoms with Crippen LogP contribution in [0, 0.1) is 0 Å². The number of amidine groups is 2. The summed E-state index contributed by atoms with van der Waals surface area (Å²) in [4.78, 5) is 10.5. The molecule has 1 N–H and O–H groups in total. The number of hydrogen-bond acceptors (Lipinski definition) is 4. The Hall–Kier alpha value is -7.30. The van der Waals surface area contributed by atoms with Crippen molar-refractivity contribution in [2.75, 3.05) is 0 Å². The summed E-state index contributed by atoms with van der Waals surface area (Å²) in [5, 5.41) is 13.1. The molecule has 0 saturated heterocycles. The highest BCUT2D eigenvalue weighted by Gasteiger charge is 2.25. The second-order valence-electron chi connectivity index (χ2n) is 14.3. The smallest absolute Gasteiger partial charge is 0.159 e. The Kier molecular flexibility index (Phi) is 7.20. The average molecular weight is 704 g/mol. The van der Waals surface area contributed by atoms with Crippen molar-refractivity contribution in [1.29, 1.82) is 0 Å². The standard InChI is InChI=1S/C51H33N3O/c1-4-11-37-28-40(23-18-32(37)8-1)35-16-21-36(22-17-35)49-52-50(43-25-20-34-10-3-6-13-39(34)30-43)54-51(53-49)45-14-7-15-46-48(45)44-27-26-42(31-47(44)55-46)41-24-19-33-9-2-5-12-38(33)29-41/h1-31,51H,(H,52,53,54). The monoisotopic (exact) mass is 703 g/mol. The van der Waals surface area contributed by atoms with E-state index in [1.54, 1.807) is 0 Å². The van der Waals surface area contributed by atoms with E-state index in [2.05, 4.69) is 187 Å². The van der Waals surface area contributed by atoms with Crippen LogP contribution in [-0.2, 0) is 0 Å². The number of hydrogen-bond donors (Lipinski definition) is 1. The quantitative estimate of drug-likeness (QED) is 0.194. The molecular formula is C51H33N3O. The third kappa shape index (κ3) is 5.55. The largest absolute Gasteiger partial charge is 0.456 e. The summed E-state index contributed by atoms with van der Waals surface area (Å²) < 4.78 is 6.58. The first-order valence-electron chi connectivity index (χ1n) is 18.7. The molecule has 1 aliphatic heterocycles. The summed E-state index contributed by atoms with van der Waals surface area (Å²) in [5.41, 5.74) is 9.28. The van der Waals surface area contributed by atoms with Crippen LogP contribution in [0.15, 0.2) is 202 Å². The van der Waals surface area contributed by atoms with Crippen LogP contribution in [0.5, 0.6) is 0 Å². The van der Waals surface area contributed by atoms with Crippen LogP contribution in [0.4, 0.5) is 0 Å². The van der Waals surface area contributed by atoms with E-state index in [4.69, 9.17) is 14.4 Å². The maximum atomic E-state index is 6.58. The molecule has 0 radical (unpaired) electrons. The van der Waals surface area contributed by atoms with Gasteiger partial charge in [0.15, 0.2) is 5.84 Å². The first-order valence-corrected chi connectivity index (χ1v) is 18.7. The van der Waals surface area contributed by atoms with Crippen molar-refractivity contribution < 1.29 is 4.42 Å². The molecule has 1 aromatic heterocycles. The topological polar surface area (TPSA) is 49.9 Å². The highest BCUT2D eigenvalue weighted by atomic mass is 16.3. The average Bonchev–Trinajstić information content (AvgIpc) is 3.64. The van der Waals surface area contributed by atoms with Crippen LogP contribution in [0.1, 0.15) is 22.9 Å². The van der Waals surface area contributed by atoms with Crippen LogP contribution in [-0.4, -0.2) is 11.7 Å². The number of rotatable bonds is 5. The SMILES string of the molecule is c1ccc2cc(C3=NC(c4ccc(-c5ccc6ccccc6c5)cc4)=NC(c4cccc5oc6cc(-c7ccc8ccccc8c7)ccc6c45)N3)ccc2c1.